The van der Waals surface area contributed by atoms with Gasteiger partial charge in [-0.1, -0.05) is 168 Å². The fourth-order valence-corrected chi connectivity index (χ4v) is 9.46. The number of hydrogen-bond donors (Lipinski definition) is 7. The lowest BCUT2D eigenvalue weighted by Crippen LogP contribution is -2.63. The lowest BCUT2D eigenvalue weighted by Gasteiger charge is -2.43. The zero-order valence-corrected chi connectivity index (χ0v) is 40.3. The molecule has 7 N–H and O–H groups in total. The monoisotopic (exact) mass is 972 g/mol. The van der Waals surface area contributed by atoms with Crippen molar-refractivity contribution in [1.29, 1.82) is 0 Å². The van der Waals surface area contributed by atoms with Crippen molar-refractivity contribution in [3.8, 4) is 0 Å². The molecular weight excluding hydrogens is 892 g/mol. The van der Waals surface area contributed by atoms with Crippen LogP contribution in [0.25, 0.3) is 0 Å². The van der Waals surface area contributed by atoms with Gasteiger partial charge in [0.1, 0.15) is 37.1 Å². The summed E-state index contributed by atoms with van der Waals surface area (Å²) < 4.78 is 80.2. The first-order valence-electron chi connectivity index (χ1n) is 23.3. The Morgan fingerprint density at radius 1 is 0.492 bits per heavy atom. The molecule has 0 radical (unpaired) electrons. The normalized spacial score (nSPS) is 22.1. The first-order chi connectivity index (χ1) is 29.8. The number of ether oxygens (including phenoxy) is 2. The van der Waals surface area contributed by atoms with E-state index < -0.39 is 91.4 Å². The van der Waals surface area contributed by atoms with Crippen molar-refractivity contribution in [1.82, 2.24) is 0 Å². The van der Waals surface area contributed by atoms with E-state index in [4.69, 9.17) is 18.5 Å². The number of esters is 2. The van der Waals surface area contributed by atoms with E-state index in [1.807, 2.05) is 0 Å². The summed E-state index contributed by atoms with van der Waals surface area (Å²) in [4.78, 5) is 72.8. The Hall–Kier alpha value is -0.880. The number of alkyl halides is 1. The molecule has 0 saturated heterocycles. The predicted octanol–water partition coefficient (Wildman–Crippen LogP) is 8.94. The van der Waals surface area contributed by atoms with Gasteiger partial charge in [-0.05, 0) is 12.8 Å². The van der Waals surface area contributed by atoms with Crippen molar-refractivity contribution in [2.45, 2.75) is 236 Å². The SMILES string of the molecule is CCCCCCCCCCCCCCCC(=O)OC[C@@H](COP(=O)(O)O[C@H]1[C@H](O)[C@@H](OP(=O)(O)O)[C@H](OP(=O)(O)O)[C@@H](O)[C@H]1F)OC(=O)CCCCCCCCCCCCCCC. The summed E-state index contributed by atoms with van der Waals surface area (Å²) in [6.45, 7) is 2.87. The molecule has 0 bridgehead atoms. The molecule has 63 heavy (non-hydrogen) atoms. The van der Waals surface area contributed by atoms with Gasteiger partial charge in [-0.25, -0.2) is 18.1 Å². The number of carbonyl (C=O) groups excluding carboxylic acids is 2. The molecule has 1 fully saturated rings. The molecule has 0 aromatic heterocycles. The first-order valence-corrected chi connectivity index (χ1v) is 27.8. The van der Waals surface area contributed by atoms with Crippen molar-refractivity contribution in [3.05, 3.63) is 0 Å². The van der Waals surface area contributed by atoms with Gasteiger partial charge in [-0.2, -0.15) is 0 Å². The molecule has 18 nitrogen and oxygen atoms in total. The van der Waals surface area contributed by atoms with Crippen molar-refractivity contribution in [2.24, 2.45) is 0 Å². The molecule has 22 heteroatoms. The lowest BCUT2D eigenvalue weighted by molar-refractivity contribution is -0.196. The fraction of sp³-hybridized carbons (Fsp3) is 0.951. The molecule has 0 spiro atoms. The smallest absolute Gasteiger partial charge is 0.462 e. The molecule has 1 rings (SSSR count). The molecule has 0 aromatic carbocycles. The highest BCUT2D eigenvalue weighted by molar-refractivity contribution is 7.47. The van der Waals surface area contributed by atoms with E-state index in [9.17, 15) is 58.0 Å². The molecule has 1 aliphatic carbocycles. The van der Waals surface area contributed by atoms with Crippen LogP contribution in [0.3, 0.4) is 0 Å². The molecule has 8 atom stereocenters. The maximum Gasteiger partial charge on any atom is 0.472 e. The molecule has 1 unspecified atom stereocenters. The van der Waals surface area contributed by atoms with E-state index in [0.717, 1.165) is 57.8 Å². The second kappa shape index (κ2) is 34.4. The summed E-state index contributed by atoms with van der Waals surface area (Å²) >= 11 is 0. The number of aliphatic hydroxyl groups is 2. The zero-order valence-electron chi connectivity index (χ0n) is 37.6. The van der Waals surface area contributed by atoms with Crippen LogP contribution in [0, 0.1) is 0 Å². The van der Waals surface area contributed by atoms with E-state index in [-0.39, 0.29) is 12.8 Å². The number of phosphoric acid groups is 3. The molecule has 1 saturated carbocycles. The summed E-state index contributed by atoms with van der Waals surface area (Å²) in [6.07, 6.45) is 11.2. The predicted molar refractivity (Wildman–Crippen MR) is 233 cm³/mol. The largest absolute Gasteiger partial charge is 0.472 e. The average Bonchev–Trinajstić information content (AvgIpc) is 3.20. The van der Waals surface area contributed by atoms with Gasteiger partial charge < -0.3 is 44.2 Å². The Labute approximate surface area is 374 Å². The summed E-state index contributed by atoms with van der Waals surface area (Å²) in [6, 6.07) is 0. The van der Waals surface area contributed by atoms with Gasteiger partial charge in [-0.15, -0.1) is 0 Å². The average molecular weight is 973 g/mol. The summed E-state index contributed by atoms with van der Waals surface area (Å²) in [7, 11) is -16.8. The molecular formula is C41H80FO18P3. The van der Waals surface area contributed by atoms with E-state index in [1.54, 1.807) is 0 Å². The molecule has 1 aliphatic rings. The van der Waals surface area contributed by atoms with Crippen molar-refractivity contribution in [2.75, 3.05) is 13.2 Å². The van der Waals surface area contributed by atoms with Gasteiger partial charge in [0, 0.05) is 12.8 Å². The van der Waals surface area contributed by atoms with Crippen LogP contribution in [0.4, 0.5) is 4.39 Å². The minimum Gasteiger partial charge on any atom is -0.462 e. The molecule has 0 amide bonds. The van der Waals surface area contributed by atoms with Crippen LogP contribution in [-0.4, -0.2) is 103 Å². The highest BCUT2D eigenvalue weighted by Gasteiger charge is 2.57. The third kappa shape index (κ3) is 30.9. The van der Waals surface area contributed by atoms with E-state index in [2.05, 4.69) is 22.9 Å². The number of unbranched alkanes of at least 4 members (excludes halogenated alkanes) is 24. The minimum atomic E-state index is -5.63. The topological polar surface area (TPSA) is 282 Å². The van der Waals surface area contributed by atoms with Crippen LogP contribution < -0.4 is 0 Å². The standard InChI is InChI=1S/C41H80FO18P3/c1-3-5-7-9-11-13-15-17-19-21-23-25-27-29-34(43)55-31-33(57-35(44)30-28-26-24-22-20-18-16-14-12-10-8-6-4-2)32-56-63(53,54)60-39-36(42)37(45)40(58-61(47,48)49)41(38(39)46)59-62(50,51)52/h33,36-41,45-46H,3-32H2,1-2H3,(H,53,54)(H2,47,48,49)(H2,50,51,52)/t33-,36+,37-,38-,39+,40+,41+/m0/s1. The highest BCUT2D eigenvalue weighted by Crippen LogP contribution is 2.51. The number of carbonyl (C=O) groups is 2. The highest BCUT2D eigenvalue weighted by atomic mass is 31.2. The summed E-state index contributed by atoms with van der Waals surface area (Å²) in [5.74, 6) is -1.32. The van der Waals surface area contributed by atoms with Crippen LogP contribution in [0.15, 0.2) is 0 Å². The number of halogens is 1. The van der Waals surface area contributed by atoms with Crippen LogP contribution >= 0.6 is 23.5 Å². The maximum absolute atomic E-state index is 15.3. The minimum absolute atomic E-state index is 0.0110. The first kappa shape index (κ1) is 60.1. The van der Waals surface area contributed by atoms with Gasteiger partial charge in [0.05, 0.1) is 6.61 Å². The second-order valence-corrected chi connectivity index (χ2v) is 20.5. The fourth-order valence-electron chi connectivity index (χ4n) is 7.38. The number of hydrogen-bond acceptors (Lipinski definition) is 13. The van der Waals surface area contributed by atoms with Crippen molar-refractivity contribution in [3.63, 3.8) is 0 Å². The second-order valence-electron chi connectivity index (χ2n) is 16.7. The van der Waals surface area contributed by atoms with Crippen LogP contribution in [-0.2, 0) is 50.9 Å². The lowest BCUT2D eigenvalue weighted by atomic mass is 9.86. The van der Waals surface area contributed by atoms with Gasteiger partial charge in [-0.3, -0.25) is 27.7 Å². The summed E-state index contributed by atoms with van der Waals surface area (Å²) in [5, 5.41) is 21.0. The third-order valence-electron chi connectivity index (χ3n) is 10.9. The van der Waals surface area contributed by atoms with Crippen LogP contribution in [0.2, 0.25) is 0 Å². The van der Waals surface area contributed by atoms with Crippen molar-refractivity contribution >= 4 is 35.4 Å². The third-order valence-corrected chi connectivity index (χ3v) is 12.9. The van der Waals surface area contributed by atoms with Gasteiger partial charge in [0.2, 0.25) is 0 Å². The number of phosphoric ester groups is 3. The van der Waals surface area contributed by atoms with Crippen LogP contribution in [0.1, 0.15) is 194 Å². The van der Waals surface area contributed by atoms with Crippen LogP contribution in [0.5, 0.6) is 0 Å². The molecule has 0 aliphatic heterocycles. The van der Waals surface area contributed by atoms with E-state index in [1.165, 1.54) is 96.3 Å². The Kier molecular flexibility index (Phi) is 32.8. The zero-order chi connectivity index (χ0) is 47.2. The van der Waals surface area contributed by atoms with Gasteiger partial charge in [0.15, 0.2) is 12.3 Å². The maximum atomic E-state index is 15.3. The van der Waals surface area contributed by atoms with Crippen molar-refractivity contribution < 1.29 is 89.9 Å². The number of aliphatic hydroxyl groups excluding tert-OH is 2. The van der Waals surface area contributed by atoms with Gasteiger partial charge in [0.25, 0.3) is 0 Å². The Bertz CT molecular complexity index is 1350. The number of rotatable bonds is 40. The molecule has 0 aromatic rings. The Morgan fingerprint density at radius 3 is 1.22 bits per heavy atom. The Morgan fingerprint density at radius 2 is 0.841 bits per heavy atom. The quantitative estimate of drug-likeness (QED) is 0.0171. The molecule has 0 heterocycles. The van der Waals surface area contributed by atoms with E-state index >= 15 is 4.39 Å². The van der Waals surface area contributed by atoms with E-state index in [0.29, 0.717) is 12.8 Å². The molecule has 374 valence electrons. The Balaban J connectivity index is 2.74. The van der Waals surface area contributed by atoms with Gasteiger partial charge >= 0.3 is 35.4 Å². The summed E-state index contributed by atoms with van der Waals surface area (Å²) in [5.41, 5.74) is 0.